The van der Waals surface area contributed by atoms with Gasteiger partial charge in [0.25, 0.3) is 5.91 Å². The molecule has 15 heteroatoms. The molecule has 50 heavy (non-hydrogen) atoms. The second-order valence-electron chi connectivity index (χ2n) is 13.0. The van der Waals surface area contributed by atoms with Crippen LogP contribution in [0.25, 0.3) is 0 Å². The van der Waals surface area contributed by atoms with Crippen molar-refractivity contribution in [1.29, 1.82) is 0 Å². The molecular weight excluding hydrogens is 694 g/mol. The van der Waals surface area contributed by atoms with Crippen LogP contribution in [0.1, 0.15) is 41.7 Å². The zero-order valence-corrected chi connectivity index (χ0v) is 29.4. The Morgan fingerprint density at radius 1 is 1.02 bits per heavy atom. The fourth-order valence-corrected chi connectivity index (χ4v) is 8.68. The maximum absolute atomic E-state index is 14.0. The van der Waals surface area contributed by atoms with Crippen molar-refractivity contribution in [3.63, 3.8) is 0 Å². The Balaban J connectivity index is 1.38. The van der Waals surface area contributed by atoms with Crippen LogP contribution < -0.4 is 10.0 Å². The van der Waals surface area contributed by atoms with E-state index in [2.05, 4.69) is 10.0 Å². The van der Waals surface area contributed by atoms with Gasteiger partial charge in [0.05, 0.1) is 16.8 Å². The number of hydrogen-bond acceptors (Lipinski definition) is 7. The van der Waals surface area contributed by atoms with Gasteiger partial charge < -0.3 is 20.2 Å². The number of alkyl halides is 3. The number of aryl methyl sites for hydroxylation is 1. The van der Waals surface area contributed by atoms with E-state index in [1.807, 2.05) is 45.0 Å². The molecule has 0 aliphatic carbocycles. The standard InChI is InChI=1S/C35H39F3N4O6S2/c1-22-9-7-8-12-25(22)19-39-31(44)30-34(2,3)49-21-42(30)32(45)29(43)28(17-23-10-5-4-6-11-23)40-50(47,48)27-14-13-24-15-16-41(20-26(24)18-27)33(46)35(36,37)38/h4-14,18,28-30,40,43H,15-17,19-21H2,1-3H3,(H,39,44). The first-order valence-electron chi connectivity index (χ1n) is 16.0. The van der Waals surface area contributed by atoms with E-state index in [1.54, 1.807) is 30.3 Å². The predicted molar refractivity (Wildman–Crippen MR) is 182 cm³/mol. The third-order valence-corrected chi connectivity index (χ3v) is 11.9. The molecule has 2 aliphatic rings. The molecule has 2 heterocycles. The highest BCUT2D eigenvalue weighted by Crippen LogP contribution is 2.40. The number of halogens is 3. The number of rotatable bonds is 10. The predicted octanol–water partition coefficient (Wildman–Crippen LogP) is 3.69. The Hall–Kier alpha value is -3.92. The van der Waals surface area contributed by atoms with Crippen molar-refractivity contribution in [3.05, 3.63) is 101 Å². The summed E-state index contributed by atoms with van der Waals surface area (Å²) in [6.45, 7) is 5.19. The molecule has 0 bridgehead atoms. The molecule has 1 fully saturated rings. The largest absolute Gasteiger partial charge is 0.471 e. The van der Waals surface area contributed by atoms with Crippen molar-refractivity contribution >= 4 is 39.5 Å². The summed E-state index contributed by atoms with van der Waals surface area (Å²) in [6, 6.07) is 17.8. The molecule has 268 valence electrons. The average molecular weight is 733 g/mol. The van der Waals surface area contributed by atoms with Crippen molar-refractivity contribution in [2.45, 2.75) is 80.7 Å². The number of benzene rings is 3. The zero-order valence-electron chi connectivity index (χ0n) is 27.7. The van der Waals surface area contributed by atoms with E-state index in [0.717, 1.165) is 11.1 Å². The van der Waals surface area contributed by atoms with Crippen LogP contribution in [0, 0.1) is 6.92 Å². The van der Waals surface area contributed by atoms with Gasteiger partial charge in [-0.3, -0.25) is 14.4 Å². The number of nitrogens with one attached hydrogen (secondary N) is 2. The van der Waals surface area contributed by atoms with Crippen molar-refractivity contribution < 1.29 is 41.1 Å². The first-order valence-corrected chi connectivity index (χ1v) is 18.4. The lowest BCUT2D eigenvalue weighted by atomic mass is 9.97. The van der Waals surface area contributed by atoms with Gasteiger partial charge in [-0.15, -0.1) is 11.8 Å². The highest BCUT2D eigenvalue weighted by molar-refractivity contribution is 8.00. The maximum atomic E-state index is 14.0. The van der Waals surface area contributed by atoms with Gasteiger partial charge in [-0.1, -0.05) is 60.7 Å². The molecule has 3 aromatic carbocycles. The summed E-state index contributed by atoms with van der Waals surface area (Å²) >= 11 is 1.35. The lowest BCUT2D eigenvalue weighted by Crippen LogP contribution is -2.58. The summed E-state index contributed by atoms with van der Waals surface area (Å²) < 4.78 is 68.6. The van der Waals surface area contributed by atoms with Crippen LogP contribution in [-0.4, -0.2) is 82.6 Å². The highest BCUT2D eigenvalue weighted by atomic mass is 32.2. The van der Waals surface area contributed by atoms with Gasteiger partial charge >= 0.3 is 12.1 Å². The van der Waals surface area contributed by atoms with Crippen LogP contribution in [0.3, 0.4) is 0 Å². The highest BCUT2D eigenvalue weighted by Gasteiger charge is 2.50. The van der Waals surface area contributed by atoms with Gasteiger partial charge in [0.1, 0.15) is 12.1 Å². The summed E-state index contributed by atoms with van der Waals surface area (Å²) in [5.41, 5.74) is 3.35. The molecule has 10 nitrogen and oxygen atoms in total. The van der Waals surface area contributed by atoms with E-state index >= 15 is 0 Å². The van der Waals surface area contributed by atoms with E-state index < -0.39 is 63.4 Å². The fourth-order valence-electron chi connectivity index (χ4n) is 6.25. The van der Waals surface area contributed by atoms with Gasteiger partial charge in [0.2, 0.25) is 15.9 Å². The maximum Gasteiger partial charge on any atom is 0.471 e. The number of amides is 3. The zero-order chi connectivity index (χ0) is 36.4. The van der Waals surface area contributed by atoms with Crippen molar-refractivity contribution in [1.82, 2.24) is 19.8 Å². The van der Waals surface area contributed by atoms with Crippen molar-refractivity contribution in [2.75, 3.05) is 12.4 Å². The van der Waals surface area contributed by atoms with Crippen LogP contribution in [0.4, 0.5) is 13.2 Å². The first kappa shape index (κ1) is 37.3. The molecule has 3 unspecified atom stereocenters. The van der Waals surface area contributed by atoms with Crippen LogP contribution in [0.2, 0.25) is 0 Å². The Kier molecular flexibility index (Phi) is 11.0. The molecule has 0 aromatic heterocycles. The minimum Gasteiger partial charge on any atom is -0.382 e. The number of fused-ring (bicyclic) bond motifs is 1. The molecule has 3 amide bonds. The number of aliphatic hydroxyl groups is 1. The number of carbonyl (C=O) groups is 3. The van der Waals surface area contributed by atoms with E-state index in [-0.39, 0.29) is 42.3 Å². The number of sulfonamides is 1. The molecule has 0 radical (unpaired) electrons. The summed E-state index contributed by atoms with van der Waals surface area (Å²) in [4.78, 5) is 41.1. The number of aliphatic hydroxyl groups excluding tert-OH is 1. The van der Waals surface area contributed by atoms with Crippen LogP contribution in [-0.2, 0) is 50.3 Å². The van der Waals surface area contributed by atoms with Crippen molar-refractivity contribution in [2.24, 2.45) is 0 Å². The van der Waals surface area contributed by atoms with E-state index in [0.29, 0.717) is 16.0 Å². The molecule has 0 saturated carbocycles. The van der Waals surface area contributed by atoms with Crippen LogP contribution in [0.5, 0.6) is 0 Å². The molecule has 1 saturated heterocycles. The fraction of sp³-hybridized carbons (Fsp3) is 0.400. The molecule has 3 N–H and O–H groups in total. The Morgan fingerprint density at radius 2 is 1.70 bits per heavy atom. The summed E-state index contributed by atoms with van der Waals surface area (Å²) in [5, 5.41) is 14.5. The third-order valence-electron chi connectivity index (χ3n) is 9.06. The normalized spacial score (nSPS) is 18.7. The second-order valence-corrected chi connectivity index (χ2v) is 16.3. The summed E-state index contributed by atoms with van der Waals surface area (Å²) in [5.74, 6) is -3.19. The minimum atomic E-state index is -5.07. The summed E-state index contributed by atoms with van der Waals surface area (Å²) in [6.07, 6.45) is -6.97. The minimum absolute atomic E-state index is 0.0775. The first-order chi connectivity index (χ1) is 23.5. The molecular formula is C35H39F3N4O6S2. The van der Waals surface area contributed by atoms with E-state index in [4.69, 9.17) is 0 Å². The number of nitrogens with zero attached hydrogens (tertiary/aromatic N) is 2. The van der Waals surface area contributed by atoms with Crippen LogP contribution >= 0.6 is 11.8 Å². The topological polar surface area (TPSA) is 136 Å². The molecule has 5 rings (SSSR count). The van der Waals surface area contributed by atoms with E-state index in [9.17, 15) is 41.1 Å². The van der Waals surface area contributed by atoms with Gasteiger partial charge in [0.15, 0.2) is 0 Å². The van der Waals surface area contributed by atoms with Gasteiger partial charge in [-0.05, 0) is 73.6 Å². The lowest BCUT2D eigenvalue weighted by molar-refractivity contribution is -0.186. The van der Waals surface area contributed by atoms with E-state index in [1.165, 1.54) is 34.9 Å². The van der Waals surface area contributed by atoms with Crippen LogP contribution in [0.15, 0.2) is 77.7 Å². The smallest absolute Gasteiger partial charge is 0.382 e. The Morgan fingerprint density at radius 3 is 2.38 bits per heavy atom. The number of thioether (sulfide) groups is 1. The Bertz CT molecular complexity index is 1860. The molecule has 0 spiro atoms. The van der Waals surface area contributed by atoms with Gasteiger partial charge in [0, 0.05) is 24.4 Å². The Labute approximate surface area is 293 Å². The van der Waals surface area contributed by atoms with Crippen molar-refractivity contribution in [3.8, 4) is 0 Å². The monoisotopic (exact) mass is 732 g/mol. The van der Waals surface area contributed by atoms with Gasteiger partial charge in [-0.2, -0.15) is 13.2 Å². The SMILES string of the molecule is Cc1ccccc1CNC(=O)C1N(C(=O)C(O)C(Cc2ccccc2)NS(=O)(=O)c2ccc3c(c2)CN(C(=O)C(F)(F)F)CC3)CSC1(C)C. The quantitative estimate of drug-likeness (QED) is 0.290. The molecule has 3 aromatic rings. The number of hydrogen-bond donors (Lipinski definition) is 3. The van der Waals surface area contributed by atoms with Gasteiger partial charge in [-0.25, -0.2) is 13.1 Å². The third kappa shape index (κ3) is 8.33. The molecule has 2 aliphatic heterocycles. The number of carbonyl (C=O) groups excluding carboxylic acids is 3. The molecule has 3 atom stereocenters. The second kappa shape index (κ2) is 14.7. The lowest BCUT2D eigenvalue weighted by Gasteiger charge is -2.33. The summed E-state index contributed by atoms with van der Waals surface area (Å²) in [7, 11) is -4.47. The average Bonchev–Trinajstić information content (AvgIpc) is 3.40.